The molecule has 0 aromatic carbocycles. The number of hydrogen-bond acceptors (Lipinski definition) is 5. The average Bonchev–Trinajstić information content (AvgIpc) is 2.26. The summed E-state index contributed by atoms with van der Waals surface area (Å²) in [7, 11) is 2.23. The Balaban J connectivity index is 3.40. The number of hydrogen-bond donors (Lipinski definition) is 0. The number of nitro groups is 1. The Kier molecular flexibility index (Phi) is 3.54. The van der Waals surface area contributed by atoms with Gasteiger partial charge in [-0.3, -0.25) is 0 Å². The summed E-state index contributed by atoms with van der Waals surface area (Å²) in [5.41, 5.74) is -0.551. The maximum absolute atomic E-state index is 12.5. The lowest BCUT2D eigenvalue weighted by Gasteiger charge is -2.06. The molecule has 88 valence electrons. The zero-order valence-electron chi connectivity index (χ0n) is 8.44. The number of halogens is 2. The molecule has 0 aliphatic rings. The lowest BCUT2D eigenvalue weighted by atomic mass is 10.2. The van der Waals surface area contributed by atoms with Gasteiger partial charge in [-0.05, 0) is 4.92 Å². The van der Waals surface area contributed by atoms with Gasteiger partial charge in [-0.15, -0.1) is 0 Å². The van der Waals surface area contributed by atoms with Gasteiger partial charge in [0.2, 0.25) is 5.75 Å². The highest BCUT2D eigenvalue weighted by molar-refractivity contribution is 5.47. The first-order chi connectivity index (χ1) is 7.51. The minimum atomic E-state index is -2.85. The molecule has 16 heavy (non-hydrogen) atoms. The number of methoxy groups -OCH3 is 2. The van der Waals surface area contributed by atoms with Crippen molar-refractivity contribution in [2.75, 3.05) is 14.2 Å². The van der Waals surface area contributed by atoms with Gasteiger partial charge in [0, 0.05) is 11.1 Å². The van der Waals surface area contributed by atoms with Crippen LogP contribution in [-0.2, 0) is 0 Å². The second-order valence-electron chi connectivity index (χ2n) is 2.67. The highest BCUT2D eigenvalue weighted by Crippen LogP contribution is 2.35. The highest BCUT2D eigenvalue weighted by atomic mass is 19.3. The standard InChI is InChI=1S/C8H8F2N2O4/c1-15-5-3-4(6(9)10)8(16-2)11-7(5)12(13)14/h3,6H,1-2H3. The average molecular weight is 234 g/mol. The second-order valence-corrected chi connectivity index (χ2v) is 2.67. The zero-order chi connectivity index (χ0) is 12.3. The largest absolute Gasteiger partial charge is 0.489 e. The molecular weight excluding hydrogens is 226 g/mol. The van der Waals surface area contributed by atoms with Crippen LogP contribution >= 0.6 is 0 Å². The molecule has 0 radical (unpaired) electrons. The van der Waals surface area contributed by atoms with E-state index in [1.54, 1.807) is 0 Å². The third kappa shape index (κ3) is 2.15. The number of rotatable bonds is 4. The maximum Gasteiger partial charge on any atom is 0.409 e. The van der Waals surface area contributed by atoms with Crippen LogP contribution in [0.5, 0.6) is 11.6 Å². The highest BCUT2D eigenvalue weighted by Gasteiger charge is 2.27. The first-order valence-electron chi connectivity index (χ1n) is 4.06. The Hall–Kier alpha value is -1.99. The molecule has 0 N–H and O–H groups in total. The van der Waals surface area contributed by atoms with Crippen molar-refractivity contribution in [2.24, 2.45) is 0 Å². The number of alkyl halides is 2. The van der Waals surface area contributed by atoms with Crippen molar-refractivity contribution >= 4 is 5.82 Å². The van der Waals surface area contributed by atoms with E-state index in [4.69, 9.17) is 0 Å². The zero-order valence-corrected chi connectivity index (χ0v) is 8.44. The molecule has 0 bridgehead atoms. The van der Waals surface area contributed by atoms with Crippen LogP contribution in [0.3, 0.4) is 0 Å². The summed E-state index contributed by atoms with van der Waals surface area (Å²) in [5, 5.41) is 10.5. The van der Waals surface area contributed by atoms with Gasteiger partial charge in [-0.2, -0.15) is 0 Å². The summed E-state index contributed by atoms with van der Waals surface area (Å²) in [6, 6.07) is 0.842. The lowest BCUT2D eigenvalue weighted by molar-refractivity contribution is -0.390. The fraction of sp³-hybridized carbons (Fsp3) is 0.375. The first-order valence-corrected chi connectivity index (χ1v) is 4.06. The molecule has 0 atom stereocenters. The SMILES string of the molecule is COc1cc(C(F)F)c(OC)nc1[N+](=O)[O-]. The van der Waals surface area contributed by atoms with E-state index in [2.05, 4.69) is 14.5 Å². The van der Waals surface area contributed by atoms with Crippen LogP contribution in [-0.4, -0.2) is 24.1 Å². The Morgan fingerprint density at radius 2 is 2.06 bits per heavy atom. The lowest BCUT2D eigenvalue weighted by Crippen LogP contribution is -2.02. The number of nitrogens with zero attached hydrogens (tertiary/aromatic N) is 2. The number of pyridine rings is 1. The van der Waals surface area contributed by atoms with E-state index in [1.165, 1.54) is 0 Å². The quantitative estimate of drug-likeness (QED) is 0.587. The topological polar surface area (TPSA) is 74.5 Å². The molecule has 0 amide bonds. The number of ether oxygens (including phenoxy) is 2. The fourth-order valence-corrected chi connectivity index (χ4v) is 1.08. The van der Waals surface area contributed by atoms with Crippen LogP contribution in [0.25, 0.3) is 0 Å². The van der Waals surface area contributed by atoms with Gasteiger partial charge < -0.3 is 19.6 Å². The van der Waals surface area contributed by atoms with E-state index in [0.717, 1.165) is 20.3 Å². The van der Waals surface area contributed by atoms with Gasteiger partial charge in [0.15, 0.2) is 0 Å². The predicted molar refractivity (Wildman–Crippen MR) is 49.0 cm³/mol. The Morgan fingerprint density at radius 3 is 2.44 bits per heavy atom. The molecule has 1 rings (SSSR count). The smallest absolute Gasteiger partial charge is 0.409 e. The van der Waals surface area contributed by atoms with Gasteiger partial charge in [0.1, 0.15) is 5.56 Å². The molecule has 0 spiro atoms. The van der Waals surface area contributed by atoms with Gasteiger partial charge >= 0.3 is 11.7 Å². The monoisotopic (exact) mass is 234 g/mol. The molecule has 0 saturated heterocycles. The molecule has 0 aliphatic heterocycles. The molecule has 6 nitrogen and oxygen atoms in total. The molecule has 1 heterocycles. The molecule has 8 heteroatoms. The van der Waals surface area contributed by atoms with Crippen molar-refractivity contribution in [1.82, 2.24) is 4.98 Å². The molecule has 0 fully saturated rings. The summed E-state index contributed by atoms with van der Waals surface area (Å²) in [5.74, 6) is -1.48. The van der Waals surface area contributed by atoms with E-state index in [0.29, 0.717) is 0 Å². The van der Waals surface area contributed by atoms with E-state index >= 15 is 0 Å². The Bertz CT molecular complexity index is 411. The van der Waals surface area contributed by atoms with E-state index < -0.39 is 28.6 Å². The summed E-state index contributed by atoms with van der Waals surface area (Å²) < 4.78 is 34.2. The normalized spacial score (nSPS) is 10.3. The molecule has 1 aromatic heterocycles. The molecule has 0 unspecified atom stereocenters. The van der Waals surface area contributed by atoms with Crippen LogP contribution in [0, 0.1) is 10.1 Å². The van der Waals surface area contributed by atoms with Crippen LogP contribution < -0.4 is 9.47 Å². The minimum Gasteiger partial charge on any atom is -0.489 e. The minimum absolute atomic E-state index is 0.332. The van der Waals surface area contributed by atoms with E-state index in [-0.39, 0.29) is 5.75 Å². The maximum atomic E-state index is 12.5. The summed E-state index contributed by atoms with van der Waals surface area (Å²) >= 11 is 0. The summed E-state index contributed by atoms with van der Waals surface area (Å²) in [6.07, 6.45) is -2.85. The summed E-state index contributed by atoms with van der Waals surface area (Å²) in [4.78, 5) is 13.1. The number of aromatic nitrogens is 1. The molecule has 1 aromatic rings. The van der Waals surface area contributed by atoms with Crippen molar-refractivity contribution in [2.45, 2.75) is 6.43 Å². The predicted octanol–water partition coefficient (Wildman–Crippen LogP) is 1.94. The van der Waals surface area contributed by atoms with Gasteiger partial charge in [0.05, 0.1) is 14.2 Å². The third-order valence-corrected chi connectivity index (χ3v) is 1.78. The Labute approximate surface area is 89.0 Å². The van der Waals surface area contributed by atoms with Crippen molar-refractivity contribution in [3.8, 4) is 11.6 Å². The molecule has 0 aliphatic carbocycles. The van der Waals surface area contributed by atoms with Crippen molar-refractivity contribution in [3.63, 3.8) is 0 Å². The Morgan fingerprint density at radius 1 is 1.44 bits per heavy atom. The van der Waals surface area contributed by atoms with Gasteiger partial charge in [-0.25, -0.2) is 8.78 Å². The summed E-state index contributed by atoms with van der Waals surface area (Å²) in [6.45, 7) is 0. The van der Waals surface area contributed by atoms with Crippen LogP contribution in [0.4, 0.5) is 14.6 Å². The fourth-order valence-electron chi connectivity index (χ4n) is 1.08. The van der Waals surface area contributed by atoms with Crippen LogP contribution in [0.15, 0.2) is 6.07 Å². The second kappa shape index (κ2) is 4.69. The molecular formula is C8H8F2N2O4. The van der Waals surface area contributed by atoms with Crippen molar-refractivity contribution < 1.29 is 23.2 Å². The van der Waals surface area contributed by atoms with Crippen molar-refractivity contribution in [1.29, 1.82) is 0 Å². The van der Waals surface area contributed by atoms with Crippen LogP contribution in [0.2, 0.25) is 0 Å². The first kappa shape index (κ1) is 12.1. The third-order valence-electron chi connectivity index (χ3n) is 1.78. The molecule has 0 saturated carbocycles. The van der Waals surface area contributed by atoms with Crippen LogP contribution in [0.1, 0.15) is 12.0 Å². The van der Waals surface area contributed by atoms with E-state index in [9.17, 15) is 18.9 Å². The van der Waals surface area contributed by atoms with Gasteiger partial charge in [0.25, 0.3) is 6.43 Å². The van der Waals surface area contributed by atoms with E-state index in [1.807, 2.05) is 0 Å². The van der Waals surface area contributed by atoms with Crippen molar-refractivity contribution in [3.05, 3.63) is 21.7 Å². The van der Waals surface area contributed by atoms with Gasteiger partial charge in [-0.1, -0.05) is 0 Å².